The van der Waals surface area contributed by atoms with Crippen molar-refractivity contribution in [3.63, 3.8) is 0 Å². The van der Waals surface area contributed by atoms with Crippen LogP contribution >= 0.6 is 0 Å². The largest absolute Gasteiger partial charge is 0.317 e. The standard InChI is InChI=1S/C11H7F4N3O/c1-18-4-5(3-16-18)11(19)17-10-8(14)6(12)2-7(13)9(10)15/h2-4H,1H3,(H,17,19). The van der Waals surface area contributed by atoms with Gasteiger partial charge in [0, 0.05) is 19.3 Å². The fourth-order valence-electron chi connectivity index (χ4n) is 1.41. The van der Waals surface area contributed by atoms with Gasteiger partial charge < -0.3 is 5.32 Å². The maximum atomic E-state index is 13.3. The molecule has 8 heteroatoms. The van der Waals surface area contributed by atoms with E-state index < -0.39 is 34.9 Å². The highest BCUT2D eigenvalue weighted by atomic mass is 19.2. The molecule has 1 aromatic heterocycles. The van der Waals surface area contributed by atoms with Crippen LogP contribution in [0.2, 0.25) is 0 Å². The van der Waals surface area contributed by atoms with Crippen molar-refractivity contribution in [2.75, 3.05) is 5.32 Å². The van der Waals surface area contributed by atoms with Gasteiger partial charge >= 0.3 is 0 Å². The molecule has 4 nitrogen and oxygen atoms in total. The monoisotopic (exact) mass is 273 g/mol. The molecule has 2 aromatic rings. The molecule has 0 saturated heterocycles. The van der Waals surface area contributed by atoms with E-state index in [4.69, 9.17) is 0 Å². The molecule has 2 rings (SSSR count). The molecule has 0 radical (unpaired) electrons. The van der Waals surface area contributed by atoms with Crippen molar-refractivity contribution in [1.82, 2.24) is 9.78 Å². The second-order valence-electron chi connectivity index (χ2n) is 3.70. The SMILES string of the molecule is Cn1cc(C(=O)Nc2c(F)c(F)cc(F)c2F)cn1. The van der Waals surface area contributed by atoms with E-state index in [1.165, 1.54) is 17.9 Å². The number of aryl methyl sites for hydroxylation is 1. The topological polar surface area (TPSA) is 46.9 Å². The summed E-state index contributed by atoms with van der Waals surface area (Å²) < 4.78 is 53.8. The molecule has 1 amide bonds. The predicted molar refractivity (Wildman–Crippen MR) is 57.4 cm³/mol. The summed E-state index contributed by atoms with van der Waals surface area (Å²) in [6.45, 7) is 0. The highest BCUT2D eigenvalue weighted by Crippen LogP contribution is 2.24. The van der Waals surface area contributed by atoms with Crippen LogP contribution in [0.4, 0.5) is 23.2 Å². The van der Waals surface area contributed by atoms with Gasteiger partial charge in [0.1, 0.15) is 5.69 Å². The molecule has 19 heavy (non-hydrogen) atoms. The van der Waals surface area contributed by atoms with E-state index in [9.17, 15) is 22.4 Å². The van der Waals surface area contributed by atoms with Gasteiger partial charge in [0.2, 0.25) is 0 Å². The van der Waals surface area contributed by atoms with Gasteiger partial charge in [-0.15, -0.1) is 0 Å². The normalized spacial score (nSPS) is 10.6. The molecule has 0 spiro atoms. The van der Waals surface area contributed by atoms with Crippen LogP contribution in [0, 0.1) is 23.3 Å². The summed E-state index contributed by atoms with van der Waals surface area (Å²) in [5.74, 6) is -7.47. The van der Waals surface area contributed by atoms with Gasteiger partial charge in [0.05, 0.1) is 11.8 Å². The van der Waals surface area contributed by atoms with Crippen LogP contribution in [0.3, 0.4) is 0 Å². The fourth-order valence-corrected chi connectivity index (χ4v) is 1.41. The van der Waals surface area contributed by atoms with E-state index in [-0.39, 0.29) is 11.6 Å². The summed E-state index contributed by atoms with van der Waals surface area (Å²) in [6, 6.07) is 0.0599. The molecule has 0 aliphatic carbocycles. The number of amides is 1. The van der Waals surface area contributed by atoms with Crippen LogP contribution in [-0.4, -0.2) is 15.7 Å². The van der Waals surface area contributed by atoms with Gasteiger partial charge in [0.25, 0.3) is 5.91 Å². The minimum Gasteiger partial charge on any atom is -0.317 e. The maximum Gasteiger partial charge on any atom is 0.259 e. The van der Waals surface area contributed by atoms with Gasteiger partial charge in [0.15, 0.2) is 23.3 Å². The molecule has 0 aliphatic heterocycles. The maximum absolute atomic E-state index is 13.3. The first-order chi connectivity index (χ1) is 8.90. The first kappa shape index (κ1) is 13.1. The smallest absolute Gasteiger partial charge is 0.259 e. The van der Waals surface area contributed by atoms with Crippen molar-refractivity contribution >= 4 is 11.6 Å². The number of carbonyl (C=O) groups excluding carboxylic acids is 1. The Morgan fingerprint density at radius 1 is 1.21 bits per heavy atom. The number of hydrogen-bond donors (Lipinski definition) is 1. The lowest BCUT2D eigenvalue weighted by Gasteiger charge is -2.07. The van der Waals surface area contributed by atoms with Crippen molar-refractivity contribution in [2.45, 2.75) is 0 Å². The number of rotatable bonds is 2. The average molecular weight is 273 g/mol. The predicted octanol–water partition coefficient (Wildman–Crippen LogP) is 2.23. The molecule has 0 aliphatic rings. The number of carbonyl (C=O) groups is 1. The van der Waals surface area contributed by atoms with Crippen LogP contribution in [0.15, 0.2) is 18.5 Å². The fraction of sp³-hybridized carbons (Fsp3) is 0.0909. The molecule has 0 fully saturated rings. The van der Waals surface area contributed by atoms with Crippen molar-refractivity contribution in [1.29, 1.82) is 0 Å². The molecule has 0 unspecified atom stereocenters. The van der Waals surface area contributed by atoms with Crippen LogP contribution in [0.25, 0.3) is 0 Å². The molecule has 1 N–H and O–H groups in total. The number of nitrogens with zero attached hydrogens (tertiary/aromatic N) is 2. The van der Waals surface area contributed by atoms with E-state index in [1.54, 1.807) is 5.32 Å². The summed E-state index contributed by atoms with van der Waals surface area (Å²) in [5, 5.41) is 5.45. The lowest BCUT2D eigenvalue weighted by molar-refractivity contribution is 0.102. The Labute approximate surface area is 104 Å². The van der Waals surface area contributed by atoms with Gasteiger partial charge in [-0.05, 0) is 0 Å². The Morgan fingerprint density at radius 2 is 1.79 bits per heavy atom. The van der Waals surface area contributed by atoms with Gasteiger partial charge in [-0.3, -0.25) is 9.48 Å². The Hall–Kier alpha value is -2.38. The summed E-state index contributed by atoms with van der Waals surface area (Å²) >= 11 is 0. The van der Waals surface area contributed by atoms with Gasteiger partial charge in [-0.1, -0.05) is 0 Å². The van der Waals surface area contributed by atoms with Crippen LogP contribution < -0.4 is 5.32 Å². The van der Waals surface area contributed by atoms with Crippen molar-refractivity contribution in [2.24, 2.45) is 7.05 Å². The third-order valence-electron chi connectivity index (χ3n) is 2.32. The zero-order chi connectivity index (χ0) is 14.2. The molecule has 1 aromatic carbocycles. The Morgan fingerprint density at radius 3 is 2.26 bits per heavy atom. The number of halogens is 4. The molecule has 100 valence electrons. The van der Waals surface area contributed by atoms with E-state index in [0.717, 1.165) is 6.20 Å². The number of anilines is 1. The number of hydrogen-bond acceptors (Lipinski definition) is 2. The Kier molecular flexibility index (Phi) is 3.24. The summed E-state index contributed by atoms with van der Waals surface area (Å²) in [4.78, 5) is 11.6. The molecule has 0 saturated carbocycles. The number of aromatic nitrogens is 2. The Balaban J connectivity index is 2.36. The third kappa shape index (κ3) is 2.42. The van der Waals surface area contributed by atoms with E-state index in [2.05, 4.69) is 5.10 Å². The quantitative estimate of drug-likeness (QED) is 0.673. The third-order valence-corrected chi connectivity index (χ3v) is 2.32. The Bertz CT molecular complexity index is 627. The summed E-state index contributed by atoms with van der Waals surface area (Å²) in [6.07, 6.45) is 2.42. The zero-order valence-electron chi connectivity index (χ0n) is 9.55. The summed E-state index contributed by atoms with van der Waals surface area (Å²) in [7, 11) is 1.53. The van der Waals surface area contributed by atoms with Crippen LogP contribution in [-0.2, 0) is 7.05 Å². The average Bonchev–Trinajstić information content (AvgIpc) is 2.79. The highest BCUT2D eigenvalue weighted by molar-refractivity contribution is 6.04. The number of nitrogens with one attached hydrogen (secondary N) is 1. The minimum absolute atomic E-state index is 0.00836. The zero-order valence-corrected chi connectivity index (χ0v) is 9.55. The summed E-state index contributed by atoms with van der Waals surface area (Å²) in [5.41, 5.74) is -1.18. The molecule has 1 heterocycles. The molecule has 0 atom stereocenters. The van der Waals surface area contributed by atoms with E-state index in [0.29, 0.717) is 0 Å². The highest BCUT2D eigenvalue weighted by Gasteiger charge is 2.21. The van der Waals surface area contributed by atoms with Crippen molar-refractivity contribution in [3.05, 3.63) is 47.3 Å². The second kappa shape index (κ2) is 4.71. The van der Waals surface area contributed by atoms with Crippen molar-refractivity contribution < 1.29 is 22.4 Å². The molecular weight excluding hydrogens is 266 g/mol. The lowest BCUT2D eigenvalue weighted by atomic mass is 10.2. The van der Waals surface area contributed by atoms with E-state index >= 15 is 0 Å². The van der Waals surface area contributed by atoms with Crippen LogP contribution in [0.1, 0.15) is 10.4 Å². The number of benzene rings is 1. The molecule has 0 bridgehead atoms. The first-order valence-corrected chi connectivity index (χ1v) is 5.03. The lowest BCUT2D eigenvalue weighted by Crippen LogP contribution is -2.15. The van der Waals surface area contributed by atoms with Crippen LogP contribution in [0.5, 0.6) is 0 Å². The van der Waals surface area contributed by atoms with Crippen molar-refractivity contribution in [3.8, 4) is 0 Å². The first-order valence-electron chi connectivity index (χ1n) is 5.03. The van der Waals surface area contributed by atoms with Gasteiger partial charge in [-0.2, -0.15) is 5.10 Å². The minimum atomic E-state index is -1.67. The molecular formula is C11H7F4N3O. The van der Waals surface area contributed by atoms with Gasteiger partial charge in [-0.25, -0.2) is 17.6 Å². The van der Waals surface area contributed by atoms with E-state index in [1.807, 2.05) is 0 Å². The second-order valence-corrected chi connectivity index (χ2v) is 3.70.